The van der Waals surface area contributed by atoms with Crippen molar-refractivity contribution < 1.29 is 9.53 Å². The molecule has 0 unspecified atom stereocenters. The molecule has 2 aromatic rings. The average molecular weight is 335 g/mol. The summed E-state index contributed by atoms with van der Waals surface area (Å²) < 4.78 is 6.06. The van der Waals surface area contributed by atoms with Crippen molar-refractivity contribution >= 4 is 27.6 Å². The van der Waals surface area contributed by atoms with Gasteiger partial charge in [0.05, 0.1) is 5.56 Å². The molecule has 0 fully saturated rings. The van der Waals surface area contributed by atoms with Gasteiger partial charge in [0.1, 0.15) is 6.61 Å². The second-order valence-electron chi connectivity index (χ2n) is 4.61. The molecule has 5 heteroatoms. The monoisotopic (exact) mass is 334 g/mol. The number of esters is 1. The van der Waals surface area contributed by atoms with Crippen LogP contribution in [0.5, 0.6) is 0 Å². The normalized spacial score (nSPS) is 10.3. The third-order valence-corrected chi connectivity index (χ3v) is 3.39. The van der Waals surface area contributed by atoms with Crippen molar-refractivity contribution in [1.29, 1.82) is 0 Å². The van der Waals surface area contributed by atoms with E-state index in [1.165, 1.54) is 0 Å². The van der Waals surface area contributed by atoms with Crippen molar-refractivity contribution in [2.45, 2.75) is 20.5 Å². The lowest BCUT2D eigenvalue weighted by atomic mass is 10.1. The highest BCUT2D eigenvalue weighted by molar-refractivity contribution is 9.10. The Hall–Kier alpha value is -1.88. The zero-order valence-corrected chi connectivity index (χ0v) is 12.9. The average Bonchev–Trinajstić information content (AvgIpc) is 2.40. The van der Waals surface area contributed by atoms with Gasteiger partial charge < -0.3 is 10.5 Å². The van der Waals surface area contributed by atoms with Gasteiger partial charge >= 0.3 is 5.97 Å². The number of nitrogens with two attached hydrogens (primary N) is 1. The maximum absolute atomic E-state index is 12.1. The first kappa shape index (κ1) is 14.5. The van der Waals surface area contributed by atoms with E-state index in [4.69, 9.17) is 10.5 Å². The maximum atomic E-state index is 12.1. The third kappa shape index (κ3) is 3.36. The van der Waals surface area contributed by atoms with E-state index < -0.39 is 5.97 Å². The summed E-state index contributed by atoms with van der Waals surface area (Å²) in [6.07, 6.45) is 3.44. The molecule has 0 atom stereocenters. The molecule has 0 saturated heterocycles. The number of halogens is 1. The molecule has 0 spiro atoms. The molecule has 4 nitrogen and oxygen atoms in total. The van der Waals surface area contributed by atoms with Crippen molar-refractivity contribution in [3.05, 3.63) is 57.3 Å². The number of nitrogens with zero attached hydrogens (tertiary/aromatic N) is 1. The van der Waals surface area contributed by atoms with Crippen LogP contribution in [0, 0.1) is 13.8 Å². The second-order valence-corrected chi connectivity index (χ2v) is 5.53. The number of hydrogen-bond acceptors (Lipinski definition) is 4. The zero-order chi connectivity index (χ0) is 14.7. The van der Waals surface area contributed by atoms with Crippen molar-refractivity contribution in [3.8, 4) is 0 Å². The first-order valence-corrected chi connectivity index (χ1v) is 6.90. The number of anilines is 1. The van der Waals surface area contributed by atoms with Gasteiger partial charge in [-0.1, -0.05) is 15.9 Å². The quantitative estimate of drug-likeness (QED) is 0.690. The number of nitrogen functional groups attached to an aromatic ring is 1. The van der Waals surface area contributed by atoms with Gasteiger partial charge in [-0.3, -0.25) is 4.98 Å². The number of carbonyl (C=O) groups excluding carboxylic acids is 1. The molecule has 0 radical (unpaired) electrons. The molecule has 2 rings (SSSR count). The van der Waals surface area contributed by atoms with Crippen molar-refractivity contribution in [2.75, 3.05) is 5.73 Å². The maximum Gasteiger partial charge on any atom is 0.338 e. The molecule has 20 heavy (non-hydrogen) atoms. The van der Waals surface area contributed by atoms with Crippen molar-refractivity contribution in [1.82, 2.24) is 4.98 Å². The standard InChI is InChI=1S/C15H15BrN2O2/c1-9-3-11(7-18-6-9)8-20-15(19)13-4-12(16)5-14(17)10(13)2/h3-7H,8,17H2,1-2H3. The van der Waals surface area contributed by atoms with Crippen LogP contribution in [0.15, 0.2) is 35.1 Å². The summed E-state index contributed by atoms with van der Waals surface area (Å²) in [4.78, 5) is 16.2. The molecule has 0 aliphatic carbocycles. The lowest BCUT2D eigenvalue weighted by Crippen LogP contribution is -2.09. The van der Waals surface area contributed by atoms with Crippen molar-refractivity contribution in [3.63, 3.8) is 0 Å². The lowest BCUT2D eigenvalue weighted by Gasteiger charge is -2.10. The number of pyridine rings is 1. The van der Waals surface area contributed by atoms with Crippen LogP contribution in [-0.2, 0) is 11.3 Å². The van der Waals surface area contributed by atoms with Gasteiger partial charge in [0.2, 0.25) is 0 Å². The van der Waals surface area contributed by atoms with Gasteiger partial charge in [0.25, 0.3) is 0 Å². The van der Waals surface area contributed by atoms with Crippen LogP contribution in [0.2, 0.25) is 0 Å². The highest BCUT2D eigenvalue weighted by Crippen LogP contribution is 2.23. The summed E-state index contributed by atoms with van der Waals surface area (Å²) in [5.74, 6) is -0.392. The zero-order valence-electron chi connectivity index (χ0n) is 11.3. The summed E-state index contributed by atoms with van der Waals surface area (Å²) in [5.41, 5.74) is 9.48. The first-order valence-electron chi connectivity index (χ1n) is 6.10. The number of benzene rings is 1. The van der Waals surface area contributed by atoms with E-state index in [9.17, 15) is 4.79 Å². The van der Waals surface area contributed by atoms with Crippen LogP contribution in [0.3, 0.4) is 0 Å². The minimum atomic E-state index is -0.392. The Bertz CT molecular complexity index is 656. The Kier molecular flexibility index (Phi) is 4.39. The molecular weight excluding hydrogens is 320 g/mol. The molecular formula is C15H15BrN2O2. The fourth-order valence-electron chi connectivity index (χ4n) is 1.84. The minimum absolute atomic E-state index is 0.194. The van der Waals surface area contributed by atoms with Crippen LogP contribution >= 0.6 is 15.9 Å². The molecule has 0 amide bonds. The summed E-state index contributed by atoms with van der Waals surface area (Å²) in [6, 6.07) is 5.40. The number of rotatable bonds is 3. The Balaban J connectivity index is 2.13. The van der Waals surface area contributed by atoms with Crippen LogP contribution in [0.4, 0.5) is 5.69 Å². The second kappa shape index (κ2) is 6.05. The molecule has 1 aromatic carbocycles. The van der Waals surface area contributed by atoms with Crippen LogP contribution < -0.4 is 5.73 Å². The van der Waals surface area contributed by atoms with E-state index >= 15 is 0 Å². The highest BCUT2D eigenvalue weighted by Gasteiger charge is 2.14. The fraction of sp³-hybridized carbons (Fsp3) is 0.200. The Labute approximate surface area is 126 Å². The van der Waals surface area contributed by atoms with Crippen molar-refractivity contribution in [2.24, 2.45) is 0 Å². The Morgan fingerprint density at radius 2 is 2.05 bits per heavy atom. The highest BCUT2D eigenvalue weighted by atomic mass is 79.9. The number of carbonyl (C=O) groups is 1. The molecule has 0 saturated carbocycles. The SMILES string of the molecule is Cc1cncc(COC(=O)c2cc(Br)cc(N)c2C)c1. The smallest absolute Gasteiger partial charge is 0.338 e. The largest absolute Gasteiger partial charge is 0.457 e. The van der Waals surface area contributed by atoms with E-state index in [1.807, 2.05) is 13.0 Å². The molecule has 1 heterocycles. The number of ether oxygens (including phenoxy) is 1. The number of aryl methyl sites for hydroxylation is 1. The van der Waals surface area contributed by atoms with Crippen LogP contribution in [0.1, 0.15) is 27.0 Å². The predicted molar refractivity (Wildman–Crippen MR) is 81.4 cm³/mol. The lowest BCUT2D eigenvalue weighted by molar-refractivity contribution is 0.0471. The van der Waals surface area contributed by atoms with Crippen LogP contribution in [-0.4, -0.2) is 11.0 Å². The van der Waals surface area contributed by atoms with E-state index in [-0.39, 0.29) is 6.61 Å². The Morgan fingerprint density at radius 1 is 1.30 bits per heavy atom. The molecule has 0 aliphatic rings. The topological polar surface area (TPSA) is 65.2 Å². The number of aromatic nitrogens is 1. The third-order valence-electron chi connectivity index (χ3n) is 2.93. The fourth-order valence-corrected chi connectivity index (χ4v) is 2.31. The predicted octanol–water partition coefficient (Wildman–Crippen LogP) is 3.40. The van der Waals surface area contributed by atoms with Crippen LogP contribution in [0.25, 0.3) is 0 Å². The van der Waals surface area contributed by atoms with Gasteiger partial charge in [-0.15, -0.1) is 0 Å². The molecule has 104 valence electrons. The van der Waals surface area contributed by atoms with Gasteiger partial charge in [-0.05, 0) is 43.2 Å². The van der Waals surface area contributed by atoms with Gasteiger partial charge in [0, 0.05) is 28.1 Å². The molecule has 1 aromatic heterocycles. The van der Waals surface area contributed by atoms with E-state index in [0.29, 0.717) is 11.3 Å². The summed E-state index contributed by atoms with van der Waals surface area (Å²) in [5, 5.41) is 0. The van der Waals surface area contributed by atoms with Gasteiger partial charge in [-0.2, -0.15) is 0 Å². The molecule has 0 aliphatic heterocycles. The Morgan fingerprint density at radius 3 is 2.75 bits per heavy atom. The first-order chi connectivity index (χ1) is 9.47. The molecule has 2 N–H and O–H groups in total. The summed E-state index contributed by atoms with van der Waals surface area (Å²) in [6.45, 7) is 3.93. The minimum Gasteiger partial charge on any atom is -0.457 e. The molecule has 0 bridgehead atoms. The number of hydrogen-bond donors (Lipinski definition) is 1. The van der Waals surface area contributed by atoms with E-state index in [2.05, 4.69) is 20.9 Å². The summed E-state index contributed by atoms with van der Waals surface area (Å²) >= 11 is 3.32. The van der Waals surface area contributed by atoms with Gasteiger partial charge in [-0.25, -0.2) is 4.79 Å². The van der Waals surface area contributed by atoms with E-state index in [0.717, 1.165) is 21.2 Å². The summed E-state index contributed by atoms with van der Waals surface area (Å²) in [7, 11) is 0. The van der Waals surface area contributed by atoms with E-state index in [1.54, 1.807) is 31.5 Å². The van der Waals surface area contributed by atoms with Gasteiger partial charge in [0.15, 0.2) is 0 Å².